The maximum absolute atomic E-state index is 13.9. The smallest absolute Gasteiger partial charge is 0.143 e. The van der Waals surface area contributed by atoms with Gasteiger partial charge in [0.25, 0.3) is 0 Å². The number of phenolic OH excluding ortho intramolecular Hbond substituents is 1. The second-order valence-corrected chi connectivity index (χ2v) is 4.57. The zero-order valence-electron chi connectivity index (χ0n) is 11.7. The van der Waals surface area contributed by atoms with E-state index < -0.39 is 11.9 Å². The largest absolute Gasteiger partial charge is 0.508 e. The van der Waals surface area contributed by atoms with E-state index in [4.69, 9.17) is 10.00 Å². The fourth-order valence-electron chi connectivity index (χ4n) is 2.10. The summed E-state index contributed by atoms with van der Waals surface area (Å²) in [7, 11) is 1.51. The molecule has 0 aliphatic carbocycles. The van der Waals surface area contributed by atoms with Crippen LogP contribution in [0.5, 0.6) is 11.5 Å². The third kappa shape index (κ3) is 3.06. The Kier molecular flexibility index (Phi) is 4.29. The number of methoxy groups -OCH3 is 1. The van der Waals surface area contributed by atoms with Gasteiger partial charge in [0, 0.05) is 11.6 Å². The minimum atomic E-state index is -0.511. The number of para-hydroxylation sites is 1. The SMILES string of the molecule is COc1cccc(C#N)c1NC(C)c1ccc(O)cc1F. The lowest BCUT2D eigenvalue weighted by atomic mass is 10.1. The summed E-state index contributed by atoms with van der Waals surface area (Å²) < 4.78 is 19.1. The van der Waals surface area contributed by atoms with Crippen molar-refractivity contribution in [2.45, 2.75) is 13.0 Å². The summed E-state index contributed by atoms with van der Waals surface area (Å²) >= 11 is 0. The first-order chi connectivity index (χ1) is 10.1. The van der Waals surface area contributed by atoms with Crippen molar-refractivity contribution < 1.29 is 14.2 Å². The summed E-state index contributed by atoms with van der Waals surface area (Å²) in [6, 6.07) is 10.8. The number of aromatic hydroxyl groups is 1. The van der Waals surface area contributed by atoms with Gasteiger partial charge in [-0.2, -0.15) is 5.26 Å². The Bertz CT molecular complexity index is 695. The molecule has 0 aliphatic rings. The van der Waals surface area contributed by atoms with E-state index in [9.17, 15) is 9.50 Å². The lowest BCUT2D eigenvalue weighted by molar-refractivity contribution is 0.416. The normalized spacial score (nSPS) is 11.5. The van der Waals surface area contributed by atoms with Crippen molar-refractivity contribution in [3.05, 3.63) is 53.3 Å². The van der Waals surface area contributed by atoms with Crippen LogP contribution in [0.25, 0.3) is 0 Å². The Morgan fingerprint density at radius 2 is 2.10 bits per heavy atom. The van der Waals surface area contributed by atoms with Gasteiger partial charge in [-0.1, -0.05) is 12.1 Å². The summed E-state index contributed by atoms with van der Waals surface area (Å²) in [6.45, 7) is 1.77. The van der Waals surface area contributed by atoms with Crippen LogP contribution < -0.4 is 10.1 Å². The highest BCUT2D eigenvalue weighted by Crippen LogP contribution is 2.32. The minimum Gasteiger partial charge on any atom is -0.508 e. The first kappa shape index (κ1) is 14.7. The van der Waals surface area contributed by atoms with Gasteiger partial charge in [-0.05, 0) is 25.1 Å². The molecule has 0 spiro atoms. The Morgan fingerprint density at radius 1 is 1.33 bits per heavy atom. The van der Waals surface area contributed by atoms with Crippen LogP contribution in [-0.2, 0) is 0 Å². The Labute approximate surface area is 122 Å². The molecule has 0 aliphatic heterocycles. The molecule has 5 heteroatoms. The monoisotopic (exact) mass is 286 g/mol. The predicted octanol–water partition coefficient (Wildman–Crippen LogP) is 3.58. The Balaban J connectivity index is 2.36. The van der Waals surface area contributed by atoms with E-state index in [0.717, 1.165) is 6.07 Å². The van der Waals surface area contributed by atoms with Crippen LogP contribution in [0.1, 0.15) is 24.1 Å². The molecule has 0 saturated heterocycles. The average Bonchev–Trinajstić information content (AvgIpc) is 2.47. The molecule has 0 amide bonds. The van der Waals surface area contributed by atoms with Crippen LogP contribution in [0, 0.1) is 17.1 Å². The van der Waals surface area contributed by atoms with Gasteiger partial charge in [0.15, 0.2) is 0 Å². The van der Waals surface area contributed by atoms with E-state index in [-0.39, 0.29) is 5.75 Å². The zero-order chi connectivity index (χ0) is 15.4. The molecule has 0 heterocycles. The van der Waals surface area contributed by atoms with E-state index >= 15 is 0 Å². The summed E-state index contributed by atoms with van der Waals surface area (Å²) in [4.78, 5) is 0. The molecule has 2 N–H and O–H groups in total. The number of nitrogens with one attached hydrogen (secondary N) is 1. The highest BCUT2D eigenvalue weighted by Gasteiger charge is 2.16. The first-order valence-electron chi connectivity index (χ1n) is 6.39. The Morgan fingerprint density at radius 3 is 2.71 bits per heavy atom. The van der Waals surface area contributed by atoms with Crippen LogP contribution in [0.4, 0.5) is 10.1 Å². The van der Waals surface area contributed by atoms with Gasteiger partial charge in [0.05, 0.1) is 24.4 Å². The molecule has 4 nitrogen and oxygen atoms in total. The third-order valence-electron chi connectivity index (χ3n) is 3.18. The molecule has 0 radical (unpaired) electrons. The predicted molar refractivity (Wildman–Crippen MR) is 77.8 cm³/mol. The first-order valence-corrected chi connectivity index (χ1v) is 6.39. The number of hydrogen-bond donors (Lipinski definition) is 2. The van der Waals surface area contributed by atoms with E-state index in [1.807, 2.05) is 0 Å². The van der Waals surface area contributed by atoms with Gasteiger partial charge in [-0.3, -0.25) is 0 Å². The number of benzene rings is 2. The molecule has 1 unspecified atom stereocenters. The minimum absolute atomic E-state index is 0.126. The van der Waals surface area contributed by atoms with Gasteiger partial charge >= 0.3 is 0 Å². The van der Waals surface area contributed by atoms with Crippen LogP contribution >= 0.6 is 0 Å². The summed E-state index contributed by atoms with van der Waals surface area (Å²) in [5.74, 6) is -0.123. The molecule has 0 saturated carbocycles. The topological polar surface area (TPSA) is 65.3 Å². The fraction of sp³-hybridized carbons (Fsp3) is 0.188. The number of hydrogen-bond acceptors (Lipinski definition) is 4. The van der Waals surface area contributed by atoms with Crippen molar-refractivity contribution in [3.63, 3.8) is 0 Å². The molecule has 2 aromatic carbocycles. The van der Waals surface area contributed by atoms with E-state index in [1.54, 1.807) is 25.1 Å². The number of ether oxygens (including phenoxy) is 1. The third-order valence-corrected chi connectivity index (χ3v) is 3.18. The van der Waals surface area contributed by atoms with Crippen LogP contribution in [0.15, 0.2) is 36.4 Å². The lowest BCUT2D eigenvalue weighted by Gasteiger charge is -2.19. The van der Waals surface area contributed by atoms with Crippen molar-refractivity contribution in [2.75, 3.05) is 12.4 Å². The molecule has 0 fully saturated rings. The van der Waals surface area contributed by atoms with Crippen molar-refractivity contribution in [2.24, 2.45) is 0 Å². The molecule has 0 bridgehead atoms. The molecule has 0 aromatic heterocycles. The van der Waals surface area contributed by atoms with Gasteiger partial charge in [0.1, 0.15) is 23.4 Å². The molecular weight excluding hydrogens is 271 g/mol. The van der Waals surface area contributed by atoms with E-state index in [0.29, 0.717) is 22.6 Å². The lowest BCUT2D eigenvalue weighted by Crippen LogP contribution is -2.10. The average molecular weight is 286 g/mol. The van der Waals surface area contributed by atoms with Crippen molar-refractivity contribution >= 4 is 5.69 Å². The molecule has 2 aromatic rings. The molecule has 1 atom stereocenters. The fourth-order valence-corrected chi connectivity index (χ4v) is 2.10. The van der Waals surface area contributed by atoms with Crippen LogP contribution in [-0.4, -0.2) is 12.2 Å². The highest BCUT2D eigenvalue weighted by atomic mass is 19.1. The number of halogens is 1. The maximum Gasteiger partial charge on any atom is 0.143 e. The van der Waals surface area contributed by atoms with Crippen molar-refractivity contribution in [3.8, 4) is 17.6 Å². The van der Waals surface area contributed by atoms with Crippen LogP contribution in [0.3, 0.4) is 0 Å². The quantitative estimate of drug-likeness (QED) is 0.901. The second-order valence-electron chi connectivity index (χ2n) is 4.57. The number of anilines is 1. The molecule has 108 valence electrons. The van der Waals surface area contributed by atoms with Crippen molar-refractivity contribution in [1.82, 2.24) is 0 Å². The van der Waals surface area contributed by atoms with Gasteiger partial charge in [-0.25, -0.2) is 4.39 Å². The number of rotatable bonds is 4. The Hall–Kier alpha value is -2.74. The number of nitriles is 1. The van der Waals surface area contributed by atoms with Crippen LogP contribution in [0.2, 0.25) is 0 Å². The molecule has 21 heavy (non-hydrogen) atoms. The van der Waals surface area contributed by atoms with Gasteiger partial charge in [0.2, 0.25) is 0 Å². The summed E-state index contributed by atoms with van der Waals surface area (Å²) in [6.07, 6.45) is 0. The number of nitrogens with zero attached hydrogens (tertiary/aromatic N) is 1. The standard InChI is InChI=1S/C16H15FN2O2/c1-10(13-7-6-12(20)8-14(13)17)19-16-11(9-18)4-3-5-15(16)21-2/h3-8,10,19-20H,1-2H3. The van der Waals surface area contributed by atoms with Gasteiger partial charge < -0.3 is 15.2 Å². The zero-order valence-corrected chi connectivity index (χ0v) is 11.7. The summed E-state index contributed by atoms with van der Waals surface area (Å²) in [5, 5.41) is 21.5. The van der Waals surface area contributed by atoms with Gasteiger partial charge in [-0.15, -0.1) is 0 Å². The molecule has 2 rings (SSSR count). The second kappa shape index (κ2) is 6.14. The summed E-state index contributed by atoms with van der Waals surface area (Å²) in [5.41, 5.74) is 1.32. The van der Waals surface area contributed by atoms with E-state index in [1.165, 1.54) is 19.2 Å². The number of phenols is 1. The molecular formula is C16H15FN2O2. The van der Waals surface area contributed by atoms with E-state index in [2.05, 4.69) is 11.4 Å². The van der Waals surface area contributed by atoms with Crippen molar-refractivity contribution in [1.29, 1.82) is 5.26 Å². The highest BCUT2D eigenvalue weighted by molar-refractivity contribution is 5.67. The maximum atomic E-state index is 13.9.